The van der Waals surface area contributed by atoms with Gasteiger partial charge in [-0.05, 0) is 41.2 Å². The summed E-state index contributed by atoms with van der Waals surface area (Å²) in [5.74, 6) is 0. The lowest BCUT2D eigenvalue weighted by molar-refractivity contribution is 0.578. The van der Waals surface area contributed by atoms with Crippen molar-refractivity contribution < 1.29 is 8.42 Å². The molecule has 0 saturated carbocycles. The zero-order valence-electron chi connectivity index (χ0n) is 13.6. The molecule has 2 rings (SSSR count). The summed E-state index contributed by atoms with van der Waals surface area (Å²) in [6, 6.07) is 14.8. The van der Waals surface area contributed by atoms with E-state index < -0.39 is 10.0 Å². The minimum Gasteiger partial charge on any atom is -0.207 e. The maximum atomic E-state index is 12.4. The molecule has 0 saturated heterocycles. The van der Waals surface area contributed by atoms with E-state index in [0.29, 0.717) is 11.4 Å². The summed E-state index contributed by atoms with van der Waals surface area (Å²) < 4.78 is 27.4. The largest absolute Gasteiger partial charge is 0.240 e. The molecule has 0 fully saturated rings. The van der Waals surface area contributed by atoms with Crippen molar-refractivity contribution in [1.29, 1.82) is 0 Å². The number of nitrogens with one attached hydrogen (secondary N) is 1. The van der Waals surface area contributed by atoms with Gasteiger partial charge < -0.3 is 0 Å². The van der Waals surface area contributed by atoms with Crippen LogP contribution in [0, 0.1) is 6.92 Å². The van der Waals surface area contributed by atoms with Gasteiger partial charge in [-0.3, -0.25) is 0 Å². The molecule has 4 heteroatoms. The molecule has 22 heavy (non-hydrogen) atoms. The van der Waals surface area contributed by atoms with Crippen molar-refractivity contribution in [2.45, 2.75) is 44.6 Å². The molecule has 0 heterocycles. The first-order valence-corrected chi connectivity index (χ1v) is 8.83. The first kappa shape index (κ1) is 16.7. The molecule has 0 aliphatic carbocycles. The van der Waals surface area contributed by atoms with E-state index in [9.17, 15) is 8.42 Å². The van der Waals surface area contributed by atoms with Crippen LogP contribution in [0.5, 0.6) is 0 Å². The average molecular weight is 317 g/mol. The fraction of sp³-hybridized carbons (Fsp3) is 0.333. The topological polar surface area (TPSA) is 46.2 Å². The minimum absolute atomic E-state index is 0.0108. The third kappa shape index (κ3) is 3.96. The predicted octanol–water partition coefficient (Wildman–Crippen LogP) is 3.77. The van der Waals surface area contributed by atoms with Crippen molar-refractivity contribution in [3.8, 4) is 0 Å². The summed E-state index contributed by atoms with van der Waals surface area (Å²) in [4.78, 5) is 0.300. The van der Waals surface area contributed by atoms with Gasteiger partial charge in [0.25, 0.3) is 0 Å². The highest BCUT2D eigenvalue weighted by molar-refractivity contribution is 7.89. The Bertz CT molecular complexity index is 741. The van der Waals surface area contributed by atoms with E-state index in [2.05, 4.69) is 25.5 Å². The van der Waals surface area contributed by atoms with E-state index >= 15 is 0 Å². The minimum atomic E-state index is -3.49. The summed E-state index contributed by atoms with van der Waals surface area (Å²) in [6.45, 7) is 8.59. The van der Waals surface area contributed by atoms with Crippen LogP contribution in [0.1, 0.15) is 37.5 Å². The molecule has 0 aromatic heterocycles. The Balaban J connectivity index is 2.15. The highest BCUT2D eigenvalue weighted by atomic mass is 32.2. The fourth-order valence-corrected chi connectivity index (χ4v) is 3.21. The SMILES string of the molecule is Cc1ccccc1CNS(=O)(=O)c1ccc(C(C)(C)C)cc1. The van der Waals surface area contributed by atoms with Crippen LogP contribution in [-0.4, -0.2) is 8.42 Å². The maximum absolute atomic E-state index is 12.4. The molecule has 2 aromatic rings. The summed E-state index contributed by atoms with van der Waals surface area (Å²) in [5.41, 5.74) is 3.19. The van der Waals surface area contributed by atoms with Crippen LogP contribution in [0.3, 0.4) is 0 Å². The molecular formula is C18H23NO2S. The third-order valence-electron chi connectivity index (χ3n) is 3.74. The van der Waals surface area contributed by atoms with Crippen molar-refractivity contribution >= 4 is 10.0 Å². The molecule has 0 radical (unpaired) electrons. The van der Waals surface area contributed by atoms with E-state index in [1.165, 1.54) is 0 Å². The predicted molar refractivity (Wildman–Crippen MR) is 90.3 cm³/mol. The first-order chi connectivity index (χ1) is 10.2. The lowest BCUT2D eigenvalue weighted by Crippen LogP contribution is -2.23. The van der Waals surface area contributed by atoms with Crippen LogP contribution in [0.15, 0.2) is 53.4 Å². The van der Waals surface area contributed by atoms with Gasteiger partial charge in [-0.15, -0.1) is 0 Å². The van der Waals surface area contributed by atoms with Gasteiger partial charge in [0.1, 0.15) is 0 Å². The smallest absolute Gasteiger partial charge is 0.207 e. The number of hydrogen-bond acceptors (Lipinski definition) is 2. The number of rotatable bonds is 4. The summed E-state index contributed by atoms with van der Waals surface area (Å²) >= 11 is 0. The van der Waals surface area contributed by atoms with Crippen molar-refractivity contribution in [1.82, 2.24) is 4.72 Å². The maximum Gasteiger partial charge on any atom is 0.240 e. The molecule has 0 atom stereocenters. The molecule has 3 nitrogen and oxygen atoms in total. The fourth-order valence-electron chi connectivity index (χ4n) is 2.20. The van der Waals surface area contributed by atoms with E-state index in [1.807, 2.05) is 43.3 Å². The van der Waals surface area contributed by atoms with Gasteiger partial charge in [0, 0.05) is 6.54 Å². The Morgan fingerprint density at radius 3 is 2.09 bits per heavy atom. The van der Waals surface area contributed by atoms with E-state index in [0.717, 1.165) is 16.7 Å². The van der Waals surface area contributed by atoms with Crippen molar-refractivity contribution in [3.05, 3.63) is 65.2 Å². The van der Waals surface area contributed by atoms with Crippen molar-refractivity contribution in [2.24, 2.45) is 0 Å². The standard InChI is InChI=1S/C18H23NO2S/c1-14-7-5-6-8-15(14)13-19-22(20,21)17-11-9-16(10-12-17)18(2,3)4/h5-12,19H,13H2,1-4H3. The van der Waals surface area contributed by atoms with E-state index in [1.54, 1.807) is 12.1 Å². The van der Waals surface area contributed by atoms with E-state index in [-0.39, 0.29) is 5.41 Å². The highest BCUT2D eigenvalue weighted by Crippen LogP contribution is 2.23. The third-order valence-corrected chi connectivity index (χ3v) is 5.16. The molecule has 118 valence electrons. The number of aryl methyl sites for hydroxylation is 1. The van der Waals surface area contributed by atoms with Crippen molar-refractivity contribution in [2.75, 3.05) is 0 Å². The molecule has 0 bridgehead atoms. The zero-order valence-corrected chi connectivity index (χ0v) is 14.4. The molecule has 2 aromatic carbocycles. The van der Waals surface area contributed by atoms with E-state index in [4.69, 9.17) is 0 Å². The monoisotopic (exact) mass is 317 g/mol. The van der Waals surface area contributed by atoms with Crippen LogP contribution in [0.2, 0.25) is 0 Å². The second-order valence-corrected chi connectivity index (χ2v) is 8.29. The van der Waals surface area contributed by atoms with Gasteiger partial charge in [0.2, 0.25) is 10.0 Å². The summed E-state index contributed by atoms with van der Waals surface area (Å²) in [7, 11) is -3.49. The second kappa shape index (κ2) is 6.23. The van der Waals surface area contributed by atoms with Crippen LogP contribution in [0.4, 0.5) is 0 Å². The summed E-state index contributed by atoms with van der Waals surface area (Å²) in [6.07, 6.45) is 0. The van der Waals surface area contributed by atoms with Crippen LogP contribution in [0.25, 0.3) is 0 Å². The number of benzene rings is 2. The van der Waals surface area contributed by atoms with Gasteiger partial charge >= 0.3 is 0 Å². The van der Waals surface area contributed by atoms with Crippen LogP contribution < -0.4 is 4.72 Å². The van der Waals surface area contributed by atoms with Gasteiger partial charge in [-0.25, -0.2) is 13.1 Å². The Hall–Kier alpha value is -1.65. The number of sulfonamides is 1. The molecular weight excluding hydrogens is 294 g/mol. The van der Waals surface area contributed by atoms with Gasteiger partial charge in [0.05, 0.1) is 4.90 Å². The van der Waals surface area contributed by atoms with Gasteiger partial charge in [0.15, 0.2) is 0 Å². The van der Waals surface area contributed by atoms with Gasteiger partial charge in [-0.1, -0.05) is 57.2 Å². The average Bonchev–Trinajstić information content (AvgIpc) is 2.46. The normalized spacial score (nSPS) is 12.4. The van der Waals surface area contributed by atoms with Gasteiger partial charge in [-0.2, -0.15) is 0 Å². The first-order valence-electron chi connectivity index (χ1n) is 7.35. The molecule has 1 N–H and O–H groups in total. The zero-order chi connectivity index (χ0) is 16.4. The van der Waals surface area contributed by atoms with Crippen LogP contribution in [-0.2, 0) is 22.0 Å². The molecule has 0 aliphatic rings. The Morgan fingerprint density at radius 2 is 1.55 bits per heavy atom. The molecule has 0 aliphatic heterocycles. The summed E-state index contributed by atoms with van der Waals surface area (Å²) in [5, 5.41) is 0. The second-order valence-electron chi connectivity index (χ2n) is 6.53. The lowest BCUT2D eigenvalue weighted by Gasteiger charge is -2.19. The Kier molecular flexibility index (Phi) is 4.73. The van der Waals surface area contributed by atoms with Crippen LogP contribution >= 0.6 is 0 Å². The highest BCUT2D eigenvalue weighted by Gasteiger charge is 2.17. The molecule has 0 amide bonds. The Morgan fingerprint density at radius 1 is 0.955 bits per heavy atom. The molecule has 0 unspecified atom stereocenters. The lowest BCUT2D eigenvalue weighted by atomic mass is 9.87. The quantitative estimate of drug-likeness (QED) is 0.933. The number of hydrogen-bond donors (Lipinski definition) is 1. The Labute approximate surface area is 133 Å². The molecule has 0 spiro atoms. The van der Waals surface area contributed by atoms with Crippen molar-refractivity contribution in [3.63, 3.8) is 0 Å².